The average molecular weight is 252 g/mol. The molecule has 0 unspecified atom stereocenters. The van der Waals surface area contributed by atoms with Crippen molar-refractivity contribution in [1.82, 2.24) is 10.2 Å². The molecule has 0 aliphatic carbocycles. The maximum absolute atomic E-state index is 11.6. The fourth-order valence-corrected chi connectivity index (χ4v) is 1.27. The number of phenols is 2. The van der Waals surface area contributed by atoms with E-state index < -0.39 is 5.91 Å². The molecule has 0 aliphatic rings. The van der Waals surface area contributed by atoms with Gasteiger partial charge in [-0.2, -0.15) is 0 Å². The Kier molecular flexibility index (Phi) is 4.53. The van der Waals surface area contributed by atoms with Gasteiger partial charge in [-0.1, -0.05) is 0 Å². The third kappa shape index (κ3) is 3.65. The van der Waals surface area contributed by atoms with Gasteiger partial charge in [0.25, 0.3) is 5.91 Å². The van der Waals surface area contributed by atoms with Crippen LogP contribution in [-0.2, 0) is 4.79 Å². The number of hydrogen-bond donors (Lipinski definition) is 3. The lowest BCUT2D eigenvalue weighted by atomic mass is 10.2. The molecule has 0 spiro atoms. The monoisotopic (exact) mass is 252 g/mol. The summed E-state index contributed by atoms with van der Waals surface area (Å²) in [6.07, 6.45) is 0.211. The molecule has 0 heterocycles. The van der Waals surface area contributed by atoms with E-state index in [1.807, 2.05) is 0 Å². The summed E-state index contributed by atoms with van der Waals surface area (Å²) >= 11 is 0. The third-order valence-corrected chi connectivity index (χ3v) is 2.36. The van der Waals surface area contributed by atoms with Crippen molar-refractivity contribution in [3.8, 4) is 11.5 Å². The molecule has 0 fully saturated rings. The molecule has 18 heavy (non-hydrogen) atoms. The average Bonchev–Trinajstić information content (AvgIpc) is 2.32. The van der Waals surface area contributed by atoms with Gasteiger partial charge in [-0.05, 0) is 18.2 Å². The molecule has 1 rings (SSSR count). The van der Waals surface area contributed by atoms with E-state index in [9.17, 15) is 14.7 Å². The van der Waals surface area contributed by atoms with E-state index in [0.717, 1.165) is 0 Å². The first kappa shape index (κ1) is 13.8. The summed E-state index contributed by atoms with van der Waals surface area (Å²) < 4.78 is 0. The summed E-state index contributed by atoms with van der Waals surface area (Å²) in [6.45, 7) is 0.220. The fraction of sp³-hybridized carbons (Fsp3) is 0.333. The second kappa shape index (κ2) is 5.90. The van der Waals surface area contributed by atoms with Gasteiger partial charge in [0.2, 0.25) is 5.91 Å². The zero-order valence-electron chi connectivity index (χ0n) is 10.3. The molecule has 1 aromatic carbocycles. The Balaban J connectivity index is 2.50. The number of amides is 2. The van der Waals surface area contributed by atoms with Gasteiger partial charge in [-0.15, -0.1) is 0 Å². The SMILES string of the molecule is CN(C)C(=O)CCNC(=O)c1ccc(O)c(O)c1. The second-order valence-corrected chi connectivity index (χ2v) is 4.00. The van der Waals surface area contributed by atoms with E-state index in [4.69, 9.17) is 5.11 Å². The van der Waals surface area contributed by atoms with Gasteiger partial charge >= 0.3 is 0 Å². The van der Waals surface area contributed by atoms with E-state index in [1.54, 1.807) is 14.1 Å². The lowest BCUT2D eigenvalue weighted by Gasteiger charge is -2.10. The minimum Gasteiger partial charge on any atom is -0.504 e. The van der Waals surface area contributed by atoms with Crippen LogP contribution in [0.1, 0.15) is 16.8 Å². The van der Waals surface area contributed by atoms with Gasteiger partial charge in [0, 0.05) is 32.6 Å². The van der Waals surface area contributed by atoms with Crippen molar-refractivity contribution in [1.29, 1.82) is 0 Å². The highest BCUT2D eigenvalue weighted by Gasteiger charge is 2.09. The number of nitrogens with zero attached hydrogens (tertiary/aromatic N) is 1. The number of carbonyl (C=O) groups excluding carboxylic acids is 2. The molecule has 0 saturated carbocycles. The highest BCUT2D eigenvalue weighted by molar-refractivity contribution is 5.95. The largest absolute Gasteiger partial charge is 0.504 e. The molecule has 0 aliphatic heterocycles. The van der Waals surface area contributed by atoms with Crippen molar-refractivity contribution in [2.24, 2.45) is 0 Å². The van der Waals surface area contributed by atoms with Gasteiger partial charge in [-0.3, -0.25) is 9.59 Å². The van der Waals surface area contributed by atoms with E-state index >= 15 is 0 Å². The maximum Gasteiger partial charge on any atom is 0.251 e. The summed E-state index contributed by atoms with van der Waals surface area (Å²) in [5.41, 5.74) is 0.225. The molecule has 6 nitrogen and oxygen atoms in total. The van der Waals surface area contributed by atoms with Crippen LogP contribution in [-0.4, -0.2) is 47.6 Å². The number of aromatic hydroxyl groups is 2. The molecule has 0 bridgehead atoms. The smallest absolute Gasteiger partial charge is 0.251 e. The van der Waals surface area contributed by atoms with Crippen molar-refractivity contribution in [2.75, 3.05) is 20.6 Å². The molecular weight excluding hydrogens is 236 g/mol. The maximum atomic E-state index is 11.6. The molecule has 0 aromatic heterocycles. The van der Waals surface area contributed by atoms with Crippen LogP contribution in [0.4, 0.5) is 0 Å². The van der Waals surface area contributed by atoms with Gasteiger partial charge in [-0.25, -0.2) is 0 Å². The molecule has 98 valence electrons. The molecule has 0 radical (unpaired) electrons. The van der Waals surface area contributed by atoms with Crippen molar-refractivity contribution in [3.05, 3.63) is 23.8 Å². The van der Waals surface area contributed by atoms with Crippen molar-refractivity contribution in [3.63, 3.8) is 0 Å². The van der Waals surface area contributed by atoms with Gasteiger partial charge in [0.1, 0.15) is 0 Å². The summed E-state index contributed by atoms with van der Waals surface area (Å²) in [7, 11) is 3.28. The number of benzene rings is 1. The van der Waals surface area contributed by atoms with Gasteiger partial charge < -0.3 is 20.4 Å². The lowest BCUT2D eigenvalue weighted by molar-refractivity contribution is -0.128. The van der Waals surface area contributed by atoms with Crippen LogP contribution in [0.2, 0.25) is 0 Å². The van der Waals surface area contributed by atoms with Crippen molar-refractivity contribution >= 4 is 11.8 Å². The number of hydrogen-bond acceptors (Lipinski definition) is 4. The Bertz CT molecular complexity index is 457. The van der Waals surface area contributed by atoms with Gasteiger partial charge in [0.05, 0.1) is 0 Å². The highest BCUT2D eigenvalue weighted by atomic mass is 16.3. The molecule has 1 aromatic rings. The Hall–Kier alpha value is -2.24. The zero-order valence-corrected chi connectivity index (χ0v) is 10.3. The Morgan fingerprint density at radius 3 is 2.44 bits per heavy atom. The fourth-order valence-electron chi connectivity index (χ4n) is 1.27. The molecule has 2 amide bonds. The predicted octanol–water partition coefficient (Wildman–Crippen LogP) is 0.306. The van der Waals surface area contributed by atoms with E-state index in [1.165, 1.54) is 23.1 Å². The Labute approximate surface area is 105 Å². The van der Waals surface area contributed by atoms with Crippen LogP contribution in [0.25, 0.3) is 0 Å². The first-order valence-corrected chi connectivity index (χ1v) is 5.42. The molecule has 3 N–H and O–H groups in total. The van der Waals surface area contributed by atoms with E-state index in [-0.39, 0.29) is 35.9 Å². The van der Waals surface area contributed by atoms with E-state index in [2.05, 4.69) is 5.32 Å². The number of phenolic OH excluding ortho intramolecular Hbond substituents is 2. The summed E-state index contributed by atoms with van der Waals surface area (Å²) in [4.78, 5) is 24.3. The Morgan fingerprint density at radius 1 is 1.22 bits per heavy atom. The number of carbonyl (C=O) groups is 2. The molecule has 6 heteroatoms. The standard InChI is InChI=1S/C12H16N2O4/c1-14(2)11(17)5-6-13-12(18)8-3-4-9(15)10(16)7-8/h3-4,7,15-16H,5-6H2,1-2H3,(H,13,18). The van der Waals surface area contributed by atoms with Crippen LogP contribution in [0.15, 0.2) is 18.2 Å². The van der Waals surface area contributed by atoms with Gasteiger partial charge in [0.15, 0.2) is 11.5 Å². The van der Waals surface area contributed by atoms with Crippen LogP contribution < -0.4 is 5.32 Å². The first-order chi connectivity index (χ1) is 8.41. The van der Waals surface area contributed by atoms with Crippen LogP contribution in [0.5, 0.6) is 11.5 Å². The summed E-state index contributed by atoms with van der Waals surface area (Å²) in [5.74, 6) is -1.12. The number of rotatable bonds is 4. The second-order valence-electron chi connectivity index (χ2n) is 4.00. The minimum absolute atomic E-state index is 0.0798. The van der Waals surface area contributed by atoms with E-state index in [0.29, 0.717) is 0 Å². The van der Waals surface area contributed by atoms with Crippen LogP contribution >= 0.6 is 0 Å². The van der Waals surface area contributed by atoms with Crippen LogP contribution in [0, 0.1) is 0 Å². The predicted molar refractivity (Wildman–Crippen MR) is 65.4 cm³/mol. The highest BCUT2D eigenvalue weighted by Crippen LogP contribution is 2.24. The third-order valence-electron chi connectivity index (χ3n) is 2.36. The Morgan fingerprint density at radius 2 is 1.89 bits per heavy atom. The van der Waals surface area contributed by atoms with Crippen molar-refractivity contribution < 1.29 is 19.8 Å². The topological polar surface area (TPSA) is 89.9 Å². The summed E-state index contributed by atoms with van der Waals surface area (Å²) in [6, 6.07) is 3.78. The number of nitrogens with one attached hydrogen (secondary N) is 1. The summed E-state index contributed by atoms with van der Waals surface area (Å²) in [5, 5.41) is 20.9. The molecule has 0 saturated heterocycles. The van der Waals surface area contributed by atoms with Crippen LogP contribution in [0.3, 0.4) is 0 Å². The molecular formula is C12H16N2O4. The first-order valence-electron chi connectivity index (χ1n) is 5.42. The van der Waals surface area contributed by atoms with Crippen molar-refractivity contribution in [2.45, 2.75) is 6.42 Å². The molecule has 0 atom stereocenters. The quantitative estimate of drug-likeness (QED) is 0.672. The zero-order chi connectivity index (χ0) is 13.7. The lowest BCUT2D eigenvalue weighted by Crippen LogP contribution is -2.30. The normalized spacial score (nSPS) is 9.89. The minimum atomic E-state index is -0.406.